The van der Waals surface area contributed by atoms with Gasteiger partial charge in [-0.3, -0.25) is 9.59 Å². The molecule has 3 aromatic heterocycles. The average Bonchev–Trinajstić information content (AvgIpc) is 3.52. The number of methoxy groups -OCH3 is 1. The van der Waals surface area contributed by atoms with E-state index in [1.54, 1.807) is 21.9 Å². The first-order chi connectivity index (χ1) is 17.4. The molecule has 2 amide bonds. The molecule has 0 unspecified atom stereocenters. The smallest absolute Gasteiger partial charge is 0.276 e. The van der Waals surface area contributed by atoms with Crippen LogP contribution in [-0.2, 0) is 0 Å². The summed E-state index contributed by atoms with van der Waals surface area (Å²) >= 11 is 1.48. The van der Waals surface area contributed by atoms with Gasteiger partial charge < -0.3 is 15.0 Å². The summed E-state index contributed by atoms with van der Waals surface area (Å²) in [6.45, 7) is 6.81. The number of para-hydroxylation sites is 1. The fourth-order valence-corrected chi connectivity index (χ4v) is 5.45. The fourth-order valence-electron chi connectivity index (χ4n) is 4.48. The first-order valence-electron chi connectivity index (χ1n) is 11.7. The van der Waals surface area contributed by atoms with Crippen LogP contribution < -0.4 is 10.1 Å². The van der Waals surface area contributed by atoms with E-state index in [0.29, 0.717) is 47.3 Å². The SMILES string of the molecule is COc1cccc(C)c1NC(=O)c1csc(C2CCN(C(=O)c3nnc4cc(C)nn4c3C)CC2)n1. The monoisotopic (exact) mass is 505 g/mol. The Morgan fingerprint density at radius 1 is 1.14 bits per heavy atom. The largest absolute Gasteiger partial charge is 0.495 e. The van der Waals surface area contributed by atoms with Crippen molar-refractivity contribution in [2.75, 3.05) is 25.5 Å². The number of likely N-dealkylation sites (tertiary alicyclic amines) is 1. The number of piperidine rings is 1. The van der Waals surface area contributed by atoms with Crippen molar-refractivity contribution in [3.05, 3.63) is 63.0 Å². The van der Waals surface area contributed by atoms with E-state index in [1.165, 1.54) is 11.3 Å². The molecule has 0 spiro atoms. The first-order valence-corrected chi connectivity index (χ1v) is 12.6. The molecule has 1 aliphatic rings. The number of thiazole rings is 1. The zero-order chi connectivity index (χ0) is 25.4. The Morgan fingerprint density at radius 2 is 1.92 bits per heavy atom. The minimum absolute atomic E-state index is 0.139. The molecule has 4 heterocycles. The van der Waals surface area contributed by atoms with Gasteiger partial charge in [0.15, 0.2) is 11.3 Å². The van der Waals surface area contributed by atoms with Crippen LogP contribution in [0.1, 0.15) is 61.7 Å². The quantitative estimate of drug-likeness (QED) is 0.439. The average molecular weight is 506 g/mol. The van der Waals surface area contributed by atoms with Crippen molar-refractivity contribution in [1.82, 2.24) is 29.7 Å². The molecule has 4 aromatic rings. The van der Waals surface area contributed by atoms with Gasteiger partial charge in [-0.15, -0.1) is 21.5 Å². The molecule has 1 N–H and O–H groups in total. The lowest BCUT2D eigenvalue weighted by molar-refractivity contribution is 0.0704. The number of anilines is 1. The molecule has 0 atom stereocenters. The van der Waals surface area contributed by atoms with Crippen molar-refractivity contribution in [2.45, 2.75) is 39.5 Å². The maximum absolute atomic E-state index is 13.2. The molecule has 10 nitrogen and oxygen atoms in total. The van der Waals surface area contributed by atoms with E-state index < -0.39 is 0 Å². The highest BCUT2D eigenvalue weighted by molar-refractivity contribution is 7.10. The van der Waals surface area contributed by atoms with Crippen LogP contribution >= 0.6 is 11.3 Å². The van der Waals surface area contributed by atoms with Crippen molar-refractivity contribution >= 4 is 34.5 Å². The third-order valence-corrected chi connectivity index (χ3v) is 7.51. The minimum atomic E-state index is -0.268. The number of hydrogen-bond acceptors (Lipinski definition) is 8. The zero-order valence-electron chi connectivity index (χ0n) is 20.6. The van der Waals surface area contributed by atoms with Crippen LogP contribution in [0.2, 0.25) is 0 Å². The number of fused-ring (bicyclic) bond motifs is 1. The van der Waals surface area contributed by atoms with Crippen LogP contribution in [0.4, 0.5) is 5.69 Å². The molecule has 0 aliphatic carbocycles. The predicted molar refractivity (Wildman–Crippen MR) is 136 cm³/mol. The summed E-state index contributed by atoms with van der Waals surface area (Å²) in [6.07, 6.45) is 1.53. The van der Waals surface area contributed by atoms with Gasteiger partial charge in [0.2, 0.25) is 0 Å². The predicted octanol–water partition coefficient (Wildman–Crippen LogP) is 3.79. The third kappa shape index (κ3) is 4.41. The number of rotatable bonds is 5. The van der Waals surface area contributed by atoms with Crippen LogP contribution in [0, 0.1) is 20.8 Å². The van der Waals surface area contributed by atoms with Gasteiger partial charge >= 0.3 is 0 Å². The Bertz CT molecular complexity index is 1450. The van der Waals surface area contributed by atoms with Gasteiger partial charge in [0.25, 0.3) is 11.8 Å². The number of benzene rings is 1. The molecular weight excluding hydrogens is 478 g/mol. The molecule has 0 radical (unpaired) electrons. The lowest BCUT2D eigenvalue weighted by Gasteiger charge is -2.31. The molecule has 0 saturated carbocycles. The standard InChI is InChI=1S/C25H27N7O3S/c1-14-6-5-7-19(35-4)21(14)27-23(33)18-13-36-24(26-18)17-8-10-31(11-9-17)25(34)22-16(3)32-20(28-29-22)12-15(2)30-32/h5-7,12-13,17H,8-11H2,1-4H3,(H,27,33). The summed E-state index contributed by atoms with van der Waals surface area (Å²) in [5.41, 5.74) is 4.40. The highest BCUT2D eigenvalue weighted by Crippen LogP contribution is 2.32. The van der Waals surface area contributed by atoms with E-state index in [-0.39, 0.29) is 17.7 Å². The molecule has 1 aliphatic heterocycles. The van der Waals surface area contributed by atoms with Gasteiger partial charge in [0.1, 0.15) is 11.4 Å². The summed E-state index contributed by atoms with van der Waals surface area (Å²) in [6, 6.07) is 7.44. The van der Waals surface area contributed by atoms with Gasteiger partial charge in [0, 0.05) is 30.5 Å². The van der Waals surface area contributed by atoms with E-state index in [0.717, 1.165) is 29.1 Å². The van der Waals surface area contributed by atoms with Gasteiger partial charge in [-0.25, -0.2) is 9.50 Å². The fraction of sp³-hybridized carbons (Fsp3) is 0.360. The van der Waals surface area contributed by atoms with E-state index >= 15 is 0 Å². The highest BCUT2D eigenvalue weighted by atomic mass is 32.1. The summed E-state index contributed by atoms with van der Waals surface area (Å²) in [5.74, 6) is 0.394. The number of nitrogens with one attached hydrogen (secondary N) is 1. The van der Waals surface area contributed by atoms with Crippen LogP contribution in [0.3, 0.4) is 0 Å². The second-order valence-corrected chi connectivity index (χ2v) is 9.82. The van der Waals surface area contributed by atoms with Crippen LogP contribution in [0.5, 0.6) is 5.75 Å². The number of carbonyl (C=O) groups is 2. The number of aryl methyl sites for hydroxylation is 3. The zero-order valence-corrected chi connectivity index (χ0v) is 21.4. The van der Waals surface area contributed by atoms with Crippen molar-refractivity contribution in [3.8, 4) is 5.75 Å². The second kappa shape index (κ2) is 9.65. The Kier molecular flexibility index (Phi) is 6.40. The lowest BCUT2D eigenvalue weighted by Crippen LogP contribution is -2.39. The molecule has 5 rings (SSSR count). The first kappa shape index (κ1) is 23.9. The van der Waals surface area contributed by atoms with E-state index in [4.69, 9.17) is 4.74 Å². The molecule has 36 heavy (non-hydrogen) atoms. The number of carbonyl (C=O) groups excluding carboxylic acids is 2. The summed E-state index contributed by atoms with van der Waals surface area (Å²) in [5, 5.41) is 18.4. The lowest BCUT2D eigenvalue weighted by atomic mass is 9.97. The third-order valence-electron chi connectivity index (χ3n) is 6.51. The maximum Gasteiger partial charge on any atom is 0.276 e. The molecule has 11 heteroatoms. The Hall–Kier alpha value is -3.86. The minimum Gasteiger partial charge on any atom is -0.495 e. The van der Waals surface area contributed by atoms with Crippen molar-refractivity contribution in [1.29, 1.82) is 0 Å². The van der Waals surface area contributed by atoms with Crippen LogP contribution in [-0.4, -0.2) is 61.7 Å². The number of aromatic nitrogens is 5. The van der Waals surface area contributed by atoms with E-state index in [9.17, 15) is 9.59 Å². The molecule has 1 fully saturated rings. The molecule has 186 valence electrons. The normalized spacial score (nSPS) is 14.3. The number of amides is 2. The van der Waals surface area contributed by atoms with Gasteiger partial charge in [-0.2, -0.15) is 5.10 Å². The van der Waals surface area contributed by atoms with Crippen molar-refractivity contribution in [3.63, 3.8) is 0 Å². The number of ether oxygens (including phenoxy) is 1. The molecule has 1 aromatic carbocycles. The second-order valence-electron chi connectivity index (χ2n) is 8.93. The molecular formula is C25H27N7O3S. The topological polar surface area (TPSA) is 115 Å². The Balaban J connectivity index is 1.24. The van der Waals surface area contributed by atoms with E-state index in [1.807, 2.05) is 45.0 Å². The van der Waals surface area contributed by atoms with Crippen molar-refractivity contribution < 1.29 is 14.3 Å². The van der Waals surface area contributed by atoms with Crippen LogP contribution in [0.25, 0.3) is 5.65 Å². The van der Waals surface area contributed by atoms with Gasteiger partial charge in [0.05, 0.1) is 29.2 Å². The summed E-state index contributed by atoms with van der Waals surface area (Å²) in [4.78, 5) is 32.5. The molecule has 1 saturated heterocycles. The Morgan fingerprint density at radius 3 is 2.67 bits per heavy atom. The summed E-state index contributed by atoms with van der Waals surface area (Å²) < 4.78 is 7.04. The van der Waals surface area contributed by atoms with Crippen LogP contribution in [0.15, 0.2) is 29.6 Å². The van der Waals surface area contributed by atoms with Crippen molar-refractivity contribution in [2.24, 2.45) is 0 Å². The molecule has 0 bridgehead atoms. The van der Waals surface area contributed by atoms with Gasteiger partial charge in [-0.05, 0) is 45.2 Å². The highest BCUT2D eigenvalue weighted by Gasteiger charge is 2.29. The maximum atomic E-state index is 13.2. The number of hydrogen-bond donors (Lipinski definition) is 1. The van der Waals surface area contributed by atoms with E-state index in [2.05, 4.69) is 25.6 Å². The number of nitrogens with zero attached hydrogens (tertiary/aromatic N) is 6. The summed E-state index contributed by atoms with van der Waals surface area (Å²) in [7, 11) is 1.58. The Labute approximate surface area is 212 Å². The van der Waals surface area contributed by atoms with Gasteiger partial charge in [-0.1, -0.05) is 12.1 Å².